The summed E-state index contributed by atoms with van der Waals surface area (Å²) >= 11 is 0. The quantitative estimate of drug-likeness (QED) is 0.444. The van der Waals surface area contributed by atoms with E-state index in [0.29, 0.717) is 17.5 Å². The van der Waals surface area contributed by atoms with Gasteiger partial charge in [0.25, 0.3) is 5.56 Å². The van der Waals surface area contributed by atoms with Gasteiger partial charge in [-0.25, -0.2) is 13.6 Å². The van der Waals surface area contributed by atoms with Crippen molar-refractivity contribution >= 4 is 5.97 Å². The number of hydrogen-bond acceptors (Lipinski definition) is 3. The Morgan fingerprint density at radius 3 is 2.46 bits per heavy atom. The average Bonchev–Trinajstić information content (AvgIpc) is 2.69. The van der Waals surface area contributed by atoms with Crippen LogP contribution in [0.5, 0.6) is 0 Å². The molecule has 0 amide bonds. The number of nitrogens with zero attached hydrogens (tertiary/aromatic N) is 1. The summed E-state index contributed by atoms with van der Waals surface area (Å²) in [6.07, 6.45) is 7.54. The zero-order valence-corrected chi connectivity index (χ0v) is 16.6. The Balaban J connectivity index is 2.45. The molecule has 4 nitrogen and oxygen atoms in total. The van der Waals surface area contributed by atoms with Crippen molar-refractivity contribution in [3.05, 3.63) is 58.0 Å². The maximum Gasteiger partial charge on any atom is 0.328 e. The molecule has 6 heteroatoms. The van der Waals surface area contributed by atoms with E-state index in [0.717, 1.165) is 49.8 Å². The van der Waals surface area contributed by atoms with Crippen LogP contribution < -0.4 is 5.56 Å². The van der Waals surface area contributed by atoms with Crippen LogP contribution in [-0.2, 0) is 16.0 Å². The van der Waals surface area contributed by atoms with Gasteiger partial charge in [0.1, 0.15) is 6.04 Å². The highest BCUT2D eigenvalue weighted by Gasteiger charge is 2.19. The fourth-order valence-electron chi connectivity index (χ4n) is 3.22. The fourth-order valence-corrected chi connectivity index (χ4v) is 3.22. The third-order valence-electron chi connectivity index (χ3n) is 4.91. The van der Waals surface area contributed by atoms with Gasteiger partial charge in [0.05, 0.1) is 7.11 Å². The molecule has 152 valence electrons. The molecule has 1 aromatic heterocycles. The highest BCUT2D eigenvalue weighted by Crippen LogP contribution is 2.27. The summed E-state index contributed by atoms with van der Waals surface area (Å²) in [7, 11) is 1.25. The highest BCUT2D eigenvalue weighted by atomic mass is 19.2. The van der Waals surface area contributed by atoms with Crippen molar-refractivity contribution in [3.8, 4) is 11.1 Å². The van der Waals surface area contributed by atoms with E-state index >= 15 is 0 Å². The van der Waals surface area contributed by atoms with E-state index in [1.54, 1.807) is 6.92 Å². The van der Waals surface area contributed by atoms with Crippen LogP contribution in [0.3, 0.4) is 0 Å². The van der Waals surface area contributed by atoms with Crippen molar-refractivity contribution in [1.82, 2.24) is 4.57 Å². The molecule has 0 saturated heterocycles. The molecule has 0 aliphatic carbocycles. The first-order valence-electron chi connectivity index (χ1n) is 9.67. The maximum absolute atomic E-state index is 13.8. The van der Waals surface area contributed by atoms with Crippen molar-refractivity contribution in [2.24, 2.45) is 0 Å². The molecule has 2 aromatic rings. The first-order chi connectivity index (χ1) is 13.4. The predicted molar refractivity (Wildman–Crippen MR) is 105 cm³/mol. The van der Waals surface area contributed by atoms with Crippen molar-refractivity contribution in [2.45, 2.75) is 58.4 Å². The molecule has 0 radical (unpaired) electrons. The SMILES string of the molecule is CCCCCCCc1cc(=O)n(C(C)C(=O)OC)cc1-c1ccc(F)c(F)c1. The van der Waals surface area contributed by atoms with Gasteiger partial charge < -0.3 is 9.30 Å². The molecule has 0 saturated carbocycles. The third-order valence-corrected chi connectivity index (χ3v) is 4.91. The zero-order chi connectivity index (χ0) is 20.7. The minimum absolute atomic E-state index is 0.326. The Kier molecular flexibility index (Phi) is 7.91. The second-order valence-electron chi connectivity index (χ2n) is 6.95. The molecule has 28 heavy (non-hydrogen) atoms. The maximum atomic E-state index is 13.8. The predicted octanol–water partition coefficient (Wildman–Crippen LogP) is 5.04. The van der Waals surface area contributed by atoms with Crippen LogP contribution in [0, 0.1) is 11.6 Å². The number of benzene rings is 1. The number of aryl methyl sites for hydroxylation is 1. The number of aromatic nitrogens is 1. The Bertz CT molecular complexity index is 877. The molecule has 0 N–H and O–H groups in total. The molecule has 1 heterocycles. The average molecular weight is 391 g/mol. The molecule has 0 fully saturated rings. The van der Waals surface area contributed by atoms with E-state index in [1.807, 2.05) is 0 Å². The minimum atomic E-state index is -0.954. The third kappa shape index (κ3) is 5.27. The number of methoxy groups -OCH3 is 1. The summed E-state index contributed by atoms with van der Waals surface area (Å²) in [6.45, 7) is 3.70. The van der Waals surface area contributed by atoms with Crippen molar-refractivity contribution < 1.29 is 18.3 Å². The monoisotopic (exact) mass is 391 g/mol. The summed E-state index contributed by atoms with van der Waals surface area (Å²) in [6, 6.07) is 4.32. The summed E-state index contributed by atoms with van der Waals surface area (Å²) in [5, 5.41) is 0. The summed E-state index contributed by atoms with van der Waals surface area (Å²) in [5.41, 5.74) is 1.52. The molecule has 1 aromatic carbocycles. The lowest BCUT2D eigenvalue weighted by Crippen LogP contribution is -2.28. The van der Waals surface area contributed by atoms with Gasteiger partial charge in [-0.1, -0.05) is 38.7 Å². The minimum Gasteiger partial charge on any atom is -0.467 e. The van der Waals surface area contributed by atoms with E-state index in [-0.39, 0.29) is 5.56 Å². The molecule has 0 spiro atoms. The van der Waals surface area contributed by atoms with Gasteiger partial charge in [-0.3, -0.25) is 4.79 Å². The molecule has 1 unspecified atom stereocenters. The number of esters is 1. The first-order valence-corrected chi connectivity index (χ1v) is 9.67. The molecule has 0 aliphatic rings. The van der Waals surface area contributed by atoms with Crippen LogP contribution in [-0.4, -0.2) is 17.6 Å². The lowest BCUT2D eigenvalue weighted by molar-refractivity contribution is -0.144. The summed E-state index contributed by atoms with van der Waals surface area (Å²) < 4.78 is 33.2. The van der Waals surface area contributed by atoms with E-state index in [9.17, 15) is 18.4 Å². The van der Waals surface area contributed by atoms with Gasteiger partial charge >= 0.3 is 5.97 Å². The van der Waals surface area contributed by atoms with Crippen LogP contribution in [0.15, 0.2) is 35.3 Å². The molecule has 0 bridgehead atoms. The number of hydrogen-bond donors (Lipinski definition) is 0. The number of halogens is 2. The molecular weight excluding hydrogens is 364 g/mol. The summed E-state index contributed by atoms with van der Waals surface area (Å²) in [4.78, 5) is 24.4. The van der Waals surface area contributed by atoms with Gasteiger partial charge in [0, 0.05) is 17.8 Å². The van der Waals surface area contributed by atoms with Crippen LogP contribution in [0.4, 0.5) is 8.78 Å². The Morgan fingerprint density at radius 1 is 1.11 bits per heavy atom. The number of unbranched alkanes of at least 4 members (excludes halogenated alkanes) is 4. The summed E-state index contributed by atoms with van der Waals surface area (Å²) in [5.74, 6) is -2.43. The van der Waals surface area contributed by atoms with E-state index < -0.39 is 23.6 Å². The van der Waals surface area contributed by atoms with Crippen molar-refractivity contribution in [3.63, 3.8) is 0 Å². The van der Waals surface area contributed by atoms with Crippen molar-refractivity contribution in [2.75, 3.05) is 7.11 Å². The van der Waals surface area contributed by atoms with E-state index in [2.05, 4.69) is 6.92 Å². The number of carbonyl (C=O) groups excluding carboxylic acids is 1. The molecule has 1 atom stereocenters. The largest absolute Gasteiger partial charge is 0.467 e. The van der Waals surface area contributed by atoms with Crippen LogP contribution >= 0.6 is 0 Å². The van der Waals surface area contributed by atoms with Gasteiger partial charge in [0.15, 0.2) is 11.6 Å². The lowest BCUT2D eigenvalue weighted by Gasteiger charge is -2.17. The number of pyridine rings is 1. The number of rotatable bonds is 9. The van der Waals surface area contributed by atoms with Crippen molar-refractivity contribution in [1.29, 1.82) is 0 Å². The van der Waals surface area contributed by atoms with Gasteiger partial charge in [-0.15, -0.1) is 0 Å². The fraction of sp³-hybridized carbons (Fsp3) is 0.455. The molecular formula is C22H27F2NO3. The lowest BCUT2D eigenvalue weighted by atomic mass is 9.97. The highest BCUT2D eigenvalue weighted by molar-refractivity contribution is 5.74. The first kappa shape index (κ1) is 21.8. The van der Waals surface area contributed by atoms with Gasteiger partial charge in [-0.2, -0.15) is 0 Å². The van der Waals surface area contributed by atoms with Crippen LogP contribution in [0.2, 0.25) is 0 Å². The number of carbonyl (C=O) groups is 1. The smallest absolute Gasteiger partial charge is 0.328 e. The van der Waals surface area contributed by atoms with Crippen LogP contribution in [0.25, 0.3) is 11.1 Å². The Morgan fingerprint density at radius 2 is 1.82 bits per heavy atom. The standard InChI is InChI=1S/C22H27F2NO3/c1-4-5-6-7-8-9-16-13-21(26)25(15(2)22(27)28-3)14-18(16)17-10-11-19(23)20(24)12-17/h10-15H,4-9H2,1-3H3. The van der Waals surface area contributed by atoms with Gasteiger partial charge in [-0.05, 0) is 43.0 Å². The van der Waals surface area contributed by atoms with E-state index in [1.165, 1.54) is 30.0 Å². The second-order valence-corrected chi connectivity index (χ2v) is 6.95. The number of ether oxygens (including phenoxy) is 1. The molecule has 2 rings (SSSR count). The van der Waals surface area contributed by atoms with E-state index in [4.69, 9.17) is 4.74 Å². The second kappa shape index (κ2) is 10.2. The van der Waals surface area contributed by atoms with Gasteiger partial charge in [0.2, 0.25) is 0 Å². The Labute approximate surface area is 164 Å². The Hall–Kier alpha value is -2.50. The topological polar surface area (TPSA) is 48.3 Å². The van der Waals surface area contributed by atoms with Crippen LogP contribution in [0.1, 0.15) is 57.6 Å². The molecule has 0 aliphatic heterocycles. The normalized spacial score (nSPS) is 12.0. The zero-order valence-electron chi connectivity index (χ0n) is 16.6.